The molecule has 1 unspecified atom stereocenters. The first-order chi connectivity index (χ1) is 15.6. The first kappa shape index (κ1) is 20.8. The minimum atomic E-state index is 0.103. The van der Waals surface area contributed by atoms with E-state index in [0.29, 0.717) is 0 Å². The Labute approximate surface area is 191 Å². The summed E-state index contributed by atoms with van der Waals surface area (Å²) in [7, 11) is 2.09. The molecule has 0 saturated carbocycles. The van der Waals surface area contributed by atoms with E-state index in [9.17, 15) is 9.90 Å². The second-order valence-corrected chi connectivity index (χ2v) is 9.42. The number of anilines is 2. The Kier molecular flexibility index (Phi) is 5.71. The zero-order valence-electron chi connectivity index (χ0n) is 17.9. The number of aromatic nitrogens is 2. The van der Waals surface area contributed by atoms with Gasteiger partial charge in [-0.3, -0.25) is 4.79 Å². The molecule has 164 valence electrons. The average Bonchev–Trinajstić information content (AvgIpc) is 3.25. The number of phenols is 1. The summed E-state index contributed by atoms with van der Waals surface area (Å²) in [5, 5.41) is 13.2. The average molecular weight is 448 g/mol. The molecule has 0 spiro atoms. The number of phenolic OH excluding ortho intramolecular Hbond substituents is 1. The van der Waals surface area contributed by atoms with Crippen molar-refractivity contribution in [1.82, 2.24) is 19.8 Å². The van der Waals surface area contributed by atoms with Crippen molar-refractivity contribution in [2.75, 3.05) is 38.5 Å². The summed E-state index contributed by atoms with van der Waals surface area (Å²) >= 11 is 1.71. The maximum atomic E-state index is 13.0. The van der Waals surface area contributed by atoms with Gasteiger partial charge in [0.2, 0.25) is 0 Å². The second kappa shape index (κ2) is 8.80. The molecular weight excluding hydrogens is 422 g/mol. The number of hydrogen-bond donors (Lipinski definition) is 2. The summed E-state index contributed by atoms with van der Waals surface area (Å²) in [5.74, 6) is 1.04. The van der Waals surface area contributed by atoms with Crippen LogP contribution < -0.4 is 5.32 Å². The van der Waals surface area contributed by atoms with Crippen molar-refractivity contribution in [3.05, 3.63) is 71.7 Å². The number of aromatic hydroxyl groups is 1. The summed E-state index contributed by atoms with van der Waals surface area (Å²) in [5.41, 5.74) is 3.63. The molecule has 2 aromatic carbocycles. The number of piperazine rings is 1. The molecule has 1 aromatic heterocycles. The minimum absolute atomic E-state index is 0.103. The van der Waals surface area contributed by atoms with Crippen molar-refractivity contribution in [3.63, 3.8) is 0 Å². The predicted octanol–water partition coefficient (Wildman–Crippen LogP) is 3.70. The molecule has 1 atom stereocenters. The molecule has 2 aliphatic heterocycles. The molecule has 1 saturated heterocycles. The molecule has 2 N–H and O–H groups in total. The van der Waals surface area contributed by atoms with E-state index in [1.165, 1.54) is 0 Å². The summed E-state index contributed by atoms with van der Waals surface area (Å²) in [6, 6.07) is 15.0. The number of nitrogens with one attached hydrogen (secondary N) is 1. The maximum Gasteiger partial charge on any atom is 0.253 e. The number of rotatable bonds is 4. The Balaban J connectivity index is 1.34. The number of hydrogen-bond acceptors (Lipinski definition) is 7. The number of amides is 1. The summed E-state index contributed by atoms with van der Waals surface area (Å²) in [6.07, 6.45) is 2.35. The first-order valence-electron chi connectivity index (χ1n) is 10.7. The van der Waals surface area contributed by atoms with Gasteiger partial charge in [-0.2, -0.15) is 0 Å². The third-order valence-electron chi connectivity index (χ3n) is 5.92. The molecular formula is C24H25N5O2S. The van der Waals surface area contributed by atoms with E-state index in [0.717, 1.165) is 65.8 Å². The van der Waals surface area contributed by atoms with Crippen LogP contribution in [0.3, 0.4) is 0 Å². The van der Waals surface area contributed by atoms with Crippen LogP contribution in [0, 0.1) is 0 Å². The van der Waals surface area contributed by atoms with Crippen LogP contribution in [-0.4, -0.2) is 64.0 Å². The van der Waals surface area contributed by atoms with Crippen LogP contribution >= 0.6 is 11.8 Å². The number of nitrogens with zero attached hydrogens (tertiary/aromatic N) is 4. The van der Waals surface area contributed by atoms with Gasteiger partial charge in [-0.15, -0.1) is 11.8 Å². The molecule has 3 heterocycles. The maximum absolute atomic E-state index is 13.0. The SMILES string of the molecule is CN1CCN(C(=O)c2cccc(C3Cc4ncnc(Nc5cccc(O)c5)c4S3)c2)CC1. The molecule has 5 rings (SSSR count). The number of likely N-dealkylation sites (N-methyl/N-ethyl adjacent to an activating group) is 1. The van der Waals surface area contributed by atoms with E-state index < -0.39 is 0 Å². The number of carbonyl (C=O) groups is 1. The Bertz CT molecular complexity index is 1150. The predicted molar refractivity (Wildman–Crippen MR) is 126 cm³/mol. The summed E-state index contributed by atoms with van der Waals surface area (Å²) in [6.45, 7) is 3.35. The molecule has 8 heteroatoms. The van der Waals surface area contributed by atoms with Crippen LogP contribution in [0.2, 0.25) is 0 Å². The minimum Gasteiger partial charge on any atom is -0.508 e. The van der Waals surface area contributed by atoms with E-state index in [-0.39, 0.29) is 16.9 Å². The molecule has 1 fully saturated rings. The Morgan fingerprint density at radius 2 is 1.91 bits per heavy atom. The lowest BCUT2D eigenvalue weighted by atomic mass is 10.0. The Hall–Kier alpha value is -3.10. The quantitative estimate of drug-likeness (QED) is 0.631. The van der Waals surface area contributed by atoms with Crippen LogP contribution in [-0.2, 0) is 6.42 Å². The highest BCUT2D eigenvalue weighted by atomic mass is 32.2. The van der Waals surface area contributed by atoms with E-state index in [1.54, 1.807) is 36.3 Å². The second-order valence-electron chi connectivity index (χ2n) is 8.20. The van der Waals surface area contributed by atoms with E-state index in [2.05, 4.69) is 33.3 Å². The van der Waals surface area contributed by atoms with Gasteiger partial charge >= 0.3 is 0 Å². The van der Waals surface area contributed by atoms with Gasteiger partial charge in [0.15, 0.2) is 0 Å². The summed E-state index contributed by atoms with van der Waals surface area (Å²) < 4.78 is 0. The highest BCUT2D eigenvalue weighted by Gasteiger charge is 2.29. The van der Waals surface area contributed by atoms with Crippen molar-refractivity contribution in [2.24, 2.45) is 0 Å². The fourth-order valence-electron chi connectivity index (χ4n) is 4.10. The van der Waals surface area contributed by atoms with Crippen molar-refractivity contribution in [1.29, 1.82) is 0 Å². The highest BCUT2D eigenvalue weighted by Crippen LogP contribution is 2.48. The van der Waals surface area contributed by atoms with Crippen LogP contribution in [0.5, 0.6) is 5.75 Å². The molecule has 32 heavy (non-hydrogen) atoms. The third kappa shape index (κ3) is 4.28. The lowest BCUT2D eigenvalue weighted by Gasteiger charge is -2.32. The zero-order valence-corrected chi connectivity index (χ0v) is 18.7. The van der Waals surface area contributed by atoms with E-state index in [1.807, 2.05) is 29.2 Å². The number of fused-ring (bicyclic) bond motifs is 1. The van der Waals surface area contributed by atoms with Gasteiger partial charge in [-0.05, 0) is 36.9 Å². The van der Waals surface area contributed by atoms with Crippen LogP contribution in [0.25, 0.3) is 0 Å². The zero-order chi connectivity index (χ0) is 22.1. The summed E-state index contributed by atoms with van der Waals surface area (Å²) in [4.78, 5) is 27.1. The van der Waals surface area contributed by atoms with Gasteiger partial charge in [-0.1, -0.05) is 18.2 Å². The van der Waals surface area contributed by atoms with Crippen molar-refractivity contribution in [2.45, 2.75) is 16.6 Å². The van der Waals surface area contributed by atoms with Gasteiger partial charge in [0.05, 0.1) is 10.6 Å². The van der Waals surface area contributed by atoms with Gasteiger partial charge < -0.3 is 20.2 Å². The molecule has 1 amide bonds. The van der Waals surface area contributed by atoms with Crippen molar-refractivity contribution in [3.8, 4) is 5.75 Å². The molecule has 3 aromatic rings. The number of benzene rings is 2. The monoisotopic (exact) mass is 447 g/mol. The van der Waals surface area contributed by atoms with Crippen LogP contribution in [0.15, 0.2) is 59.8 Å². The fourth-order valence-corrected chi connectivity index (χ4v) is 5.39. The fraction of sp³-hybridized carbons (Fsp3) is 0.292. The Morgan fingerprint density at radius 1 is 1.09 bits per heavy atom. The normalized spacial score (nSPS) is 18.4. The molecule has 0 bridgehead atoms. The lowest BCUT2D eigenvalue weighted by Crippen LogP contribution is -2.47. The van der Waals surface area contributed by atoms with E-state index in [4.69, 9.17) is 0 Å². The van der Waals surface area contributed by atoms with Gasteiger partial charge in [0, 0.05) is 55.2 Å². The van der Waals surface area contributed by atoms with E-state index >= 15 is 0 Å². The van der Waals surface area contributed by atoms with Crippen molar-refractivity contribution < 1.29 is 9.90 Å². The standard InChI is InChI=1S/C24H25N5O2S/c1-28-8-10-29(11-9-28)24(31)17-5-2-4-16(12-17)21-14-20-22(32-21)23(26-15-25-20)27-18-6-3-7-19(30)13-18/h2-7,12-13,15,21,30H,8-11,14H2,1H3,(H,25,26,27). The topological polar surface area (TPSA) is 81.6 Å². The highest BCUT2D eigenvalue weighted by molar-refractivity contribution is 8.00. The molecule has 0 radical (unpaired) electrons. The van der Waals surface area contributed by atoms with Gasteiger partial charge in [0.1, 0.15) is 17.9 Å². The first-order valence-corrected chi connectivity index (χ1v) is 11.6. The number of carbonyl (C=O) groups excluding carboxylic acids is 1. The van der Waals surface area contributed by atoms with Crippen LogP contribution in [0.1, 0.15) is 26.9 Å². The molecule has 7 nitrogen and oxygen atoms in total. The largest absolute Gasteiger partial charge is 0.508 e. The van der Waals surface area contributed by atoms with Gasteiger partial charge in [0.25, 0.3) is 5.91 Å². The molecule has 2 aliphatic rings. The Morgan fingerprint density at radius 3 is 2.72 bits per heavy atom. The smallest absolute Gasteiger partial charge is 0.253 e. The number of thioether (sulfide) groups is 1. The molecule has 0 aliphatic carbocycles. The van der Waals surface area contributed by atoms with Gasteiger partial charge in [-0.25, -0.2) is 9.97 Å². The lowest BCUT2D eigenvalue weighted by molar-refractivity contribution is 0.0664. The van der Waals surface area contributed by atoms with Crippen molar-refractivity contribution >= 4 is 29.2 Å². The van der Waals surface area contributed by atoms with Crippen LogP contribution in [0.4, 0.5) is 11.5 Å². The third-order valence-corrected chi connectivity index (χ3v) is 7.31.